The first-order chi connectivity index (χ1) is 15.3. The molecule has 2 aromatic rings. The van der Waals surface area contributed by atoms with E-state index in [1.807, 2.05) is 19.9 Å². The summed E-state index contributed by atoms with van der Waals surface area (Å²) in [4.78, 5) is 39.2. The van der Waals surface area contributed by atoms with Crippen LogP contribution in [0.4, 0.5) is 11.4 Å². The second-order valence-electron chi connectivity index (χ2n) is 8.41. The van der Waals surface area contributed by atoms with Gasteiger partial charge < -0.3 is 10.6 Å². The number of amides is 3. The zero-order valence-corrected chi connectivity index (χ0v) is 19.0. The number of halogens is 1. The molecule has 0 spiro atoms. The minimum atomic E-state index is -0.564. The van der Waals surface area contributed by atoms with Gasteiger partial charge in [0.25, 0.3) is 17.7 Å². The van der Waals surface area contributed by atoms with E-state index in [-0.39, 0.29) is 22.7 Å². The van der Waals surface area contributed by atoms with E-state index in [1.165, 1.54) is 6.42 Å². The van der Waals surface area contributed by atoms with E-state index in [2.05, 4.69) is 10.6 Å². The molecule has 32 heavy (non-hydrogen) atoms. The number of hydrogen-bond acceptors (Lipinski definition) is 4. The molecule has 1 aliphatic heterocycles. The maximum Gasteiger partial charge on any atom is 0.283 e. The Morgan fingerprint density at radius 1 is 0.938 bits per heavy atom. The maximum atomic E-state index is 13.0. The number of rotatable bonds is 5. The summed E-state index contributed by atoms with van der Waals surface area (Å²) in [7, 11) is 0. The Hall–Kier alpha value is -3.12. The van der Waals surface area contributed by atoms with Crippen molar-refractivity contribution < 1.29 is 14.4 Å². The molecular formula is C25H26ClN3O3. The highest BCUT2D eigenvalue weighted by Gasteiger charge is 2.39. The zero-order chi connectivity index (χ0) is 22.8. The highest BCUT2D eigenvalue weighted by atomic mass is 35.5. The van der Waals surface area contributed by atoms with Crippen molar-refractivity contribution in [1.82, 2.24) is 5.32 Å². The molecular weight excluding hydrogens is 426 g/mol. The highest BCUT2D eigenvalue weighted by Crippen LogP contribution is 2.31. The van der Waals surface area contributed by atoms with Gasteiger partial charge in [0.1, 0.15) is 10.7 Å². The minimum Gasteiger partial charge on any atom is -0.350 e. The van der Waals surface area contributed by atoms with Gasteiger partial charge in [-0.05, 0) is 74.2 Å². The molecule has 0 aromatic heterocycles. The second-order valence-corrected chi connectivity index (χ2v) is 8.79. The van der Waals surface area contributed by atoms with Gasteiger partial charge in [-0.15, -0.1) is 0 Å². The lowest BCUT2D eigenvalue weighted by Gasteiger charge is -2.22. The van der Waals surface area contributed by atoms with Gasteiger partial charge in [0.05, 0.1) is 5.69 Å². The van der Waals surface area contributed by atoms with Crippen LogP contribution in [0.3, 0.4) is 0 Å². The van der Waals surface area contributed by atoms with Gasteiger partial charge in [0.15, 0.2) is 0 Å². The number of carbonyl (C=O) groups is 3. The molecule has 1 saturated carbocycles. The summed E-state index contributed by atoms with van der Waals surface area (Å²) in [6.07, 6.45) is 5.56. The molecule has 7 heteroatoms. The van der Waals surface area contributed by atoms with E-state index in [4.69, 9.17) is 11.6 Å². The average Bonchev–Trinajstić information content (AvgIpc) is 3.00. The molecule has 166 valence electrons. The Labute approximate surface area is 192 Å². The van der Waals surface area contributed by atoms with Gasteiger partial charge in [0.2, 0.25) is 0 Å². The van der Waals surface area contributed by atoms with E-state index in [9.17, 15) is 14.4 Å². The summed E-state index contributed by atoms with van der Waals surface area (Å²) in [5.74, 6) is -1.18. The summed E-state index contributed by atoms with van der Waals surface area (Å²) in [5, 5.41) is 5.87. The Balaban J connectivity index is 1.46. The number of carbonyl (C=O) groups excluding carboxylic acids is 3. The Bertz CT molecular complexity index is 1100. The summed E-state index contributed by atoms with van der Waals surface area (Å²) >= 11 is 6.22. The molecule has 0 unspecified atom stereocenters. The van der Waals surface area contributed by atoms with Crippen LogP contribution >= 0.6 is 11.6 Å². The molecule has 1 fully saturated rings. The van der Waals surface area contributed by atoms with Crippen LogP contribution in [-0.2, 0) is 9.59 Å². The first kappa shape index (κ1) is 22.1. The molecule has 4 rings (SSSR count). The summed E-state index contributed by atoms with van der Waals surface area (Å²) in [6, 6.07) is 12.4. The smallest absolute Gasteiger partial charge is 0.283 e. The van der Waals surface area contributed by atoms with Gasteiger partial charge in [-0.1, -0.05) is 36.9 Å². The molecule has 2 aromatic carbocycles. The fourth-order valence-corrected chi connectivity index (χ4v) is 4.29. The Kier molecular flexibility index (Phi) is 6.33. The molecule has 0 atom stereocenters. The number of hydrogen-bond donors (Lipinski definition) is 2. The third-order valence-corrected chi connectivity index (χ3v) is 6.48. The van der Waals surface area contributed by atoms with E-state index in [0.717, 1.165) is 41.7 Å². The zero-order valence-electron chi connectivity index (χ0n) is 18.2. The van der Waals surface area contributed by atoms with E-state index in [1.54, 1.807) is 36.4 Å². The van der Waals surface area contributed by atoms with Gasteiger partial charge in [0, 0.05) is 17.3 Å². The van der Waals surface area contributed by atoms with Crippen LogP contribution in [0.15, 0.2) is 53.2 Å². The van der Waals surface area contributed by atoms with Crippen molar-refractivity contribution in [1.29, 1.82) is 0 Å². The first-order valence-corrected chi connectivity index (χ1v) is 11.3. The standard InChI is InChI=1S/C25H26ClN3O3/c1-15-8-13-20(14-16(15)2)29-24(31)21(26)22(25(29)32)27-19-11-9-17(10-12-19)23(30)28-18-6-4-3-5-7-18/h8-14,18,27H,3-7H2,1-2H3,(H,28,30). The van der Waals surface area contributed by atoms with Crippen molar-refractivity contribution in [3.8, 4) is 0 Å². The predicted octanol–water partition coefficient (Wildman–Crippen LogP) is 4.80. The van der Waals surface area contributed by atoms with Gasteiger partial charge in [-0.2, -0.15) is 0 Å². The second kappa shape index (κ2) is 9.17. The van der Waals surface area contributed by atoms with Crippen LogP contribution in [0.5, 0.6) is 0 Å². The van der Waals surface area contributed by atoms with Crippen LogP contribution < -0.4 is 15.5 Å². The van der Waals surface area contributed by atoms with Gasteiger partial charge in [-0.25, -0.2) is 4.90 Å². The summed E-state index contributed by atoms with van der Waals surface area (Å²) < 4.78 is 0. The van der Waals surface area contributed by atoms with Crippen LogP contribution in [0.1, 0.15) is 53.6 Å². The van der Waals surface area contributed by atoms with E-state index >= 15 is 0 Å². The van der Waals surface area contributed by atoms with Gasteiger partial charge >= 0.3 is 0 Å². The SMILES string of the molecule is Cc1ccc(N2C(=O)C(Cl)=C(Nc3ccc(C(=O)NC4CCCCC4)cc3)C2=O)cc1C. The van der Waals surface area contributed by atoms with Crippen LogP contribution in [0, 0.1) is 13.8 Å². The molecule has 0 radical (unpaired) electrons. The van der Waals surface area contributed by atoms with Crippen molar-refractivity contribution >= 4 is 40.7 Å². The average molecular weight is 452 g/mol. The van der Waals surface area contributed by atoms with Crippen molar-refractivity contribution in [2.75, 3.05) is 10.2 Å². The minimum absolute atomic E-state index is 0.0225. The fourth-order valence-electron chi connectivity index (χ4n) is 4.08. The lowest BCUT2D eigenvalue weighted by atomic mass is 9.95. The predicted molar refractivity (Wildman–Crippen MR) is 126 cm³/mol. The molecule has 0 bridgehead atoms. The summed E-state index contributed by atoms with van der Waals surface area (Å²) in [5.41, 5.74) is 3.66. The van der Waals surface area contributed by atoms with Crippen molar-refractivity contribution in [3.05, 3.63) is 69.9 Å². The largest absolute Gasteiger partial charge is 0.350 e. The normalized spacial score (nSPS) is 17.2. The summed E-state index contributed by atoms with van der Waals surface area (Å²) in [6.45, 7) is 3.88. The molecule has 2 N–H and O–H groups in total. The quantitative estimate of drug-likeness (QED) is 0.640. The lowest BCUT2D eigenvalue weighted by Crippen LogP contribution is -2.36. The number of benzene rings is 2. The van der Waals surface area contributed by atoms with Crippen LogP contribution in [0.25, 0.3) is 0 Å². The first-order valence-electron chi connectivity index (χ1n) is 10.9. The van der Waals surface area contributed by atoms with Crippen LogP contribution in [0.2, 0.25) is 0 Å². The molecule has 6 nitrogen and oxygen atoms in total. The Morgan fingerprint density at radius 3 is 2.28 bits per heavy atom. The Morgan fingerprint density at radius 2 is 1.62 bits per heavy atom. The van der Waals surface area contributed by atoms with E-state index < -0.39 is 11.8 Å². The number of nitrogens with one attached hydrogen (secondary N) is 2. The number of anilines is 2. The molecule has 1 aliphatic carbocycles. The molecule has 2 aliphatic rings. The van der Waals surface area contributed by atoms with Crippen LogP contribution in [-0.4, -0.2) is 23.8 Å². The third kappa shape index (κ3) is 4.41. The topological polar surface area (TPSA) is 78.5 Å². The fraction of sp³-hybridized carbons (Fsp3) is 0.320. The maximum absolute atomic E-state index is 13.0. The van der Waals surface area contributed by atoms with Crippen molar-refractivity contribution in [3.63, 3.8) is 0 Å². The molecule has 1 heterocycles. The molecule has 0 saturated heterocycles. The number of aryl methyl sites for hydroxylation is 2. The van der Waals surface area contributed by atoms with E-state index in [0.29, 0.717) is 16.9 Å². The lowest BCUT2D eigenvalue weighted by molar-refractivity contribution is -0.120. The highest BCUT2D eigenvalue weighted by molar-refractivity contribution is 6.53. The monoisotopic (exact) mass is 451 g/mol. The van der Waals surface area contributed by atoms with Gasteiger partial charge in [-0.3, -0.25) is 14.4 Å². The van der Waals surface area contributed by atoms with Crippen molar-refractivity contribution in [2.45, 2.75) is 52.0 Å². The van der Waals surface area contributed by atoms with Crippen molar-refractivity contribution in [2.24, 2.45) is 0 Å². The number of nitrogens with zero attached hydrogens (tertiary/aromatic N) is 1. The molecule has 3 amide bonds. The number of imide groups is 1. The third-order valence-electron chi connectivity index (χ3n) is 6.13.